The number of imidazole rings is 1. The van der Waals surface area contributed by atoms with Crippen molar-refractivity contribution in [2.75, 3.05) is 0 Å². The van der Waals surface area contributed by atoms with Crippen molar-refractivity contribution < 1.29 is 9.90 Å². The number of carboxylic acid groups (broad SMARTS) is 1. The molecular weight excluding hydrogens is 266 g/mol. The predicted octanol–water partition coefficient (Wildman–Crippen LogP) is 3.45. The quantitative estimate of drug-likeness (QED) is 0.884. The van der Waals surface area contributed by atoms with Gasteiger partial charge in [0.05, 0.1) is 17.1 Å². The summed E-state index contributed by atoms with van der Waals surface area (Å²) in [7, 11) is 0. The maximum absolute atomic E-state index is 11.7. The van der Waals surface area contributed by atoms with E-state index in [9.17, 15) is 9.90 Å². The highest BCUT2D eigenvalue weighted by molar-refractivity contribution is 5.77. The number of rotatable bonds is 6. The van der Waals surface area contributed by atoms with Crippen LogP contribution in [0.5, 0.6) is 0 Å². The lowest BCUT2D eigenvalue weighted by Gasteiger charge is -2.27. The fraction of sp³-hybridized carbons (Fsp3) is 0.562. The van der Waals surface area contributed by atoms with Gasteiger partial charge in [0.25, 0.3) is 0 Å². The molecule has 0 saturated carbocycles. The molecule has 2 aromatic heterocycles. The Balaban J connectivity index is 2.55. The van der Waals surface area contributed by atoms with Crippen LogP contribution in [0.3, 0.4) is 0 Å². The van der Waals surface area contributed by atoms with Gasteiger partial charge < -0.3 is 9.67 Å². The topological polar surface area (TPSA) is 68.0 Å². The molecule has 0 amide bonds. The molecular formula is C16H23N3O2. The summed E-state index contributed by atoms with van der Waals surface area (Å²) in [6.45, 7) is 8.04. The van der Waals surface area contributed by atoms with Crippen LogP contribution in [0, 0.1) is 5.41 Å². The second kappa shape index (κ2) is 5.84. The molecule has 2 heterocycles. The van der Waals surface area contributed by atoms with Gasteiger partial charge in [-0.1, -0.05) is 13.8 Å². The van der Waals surface area contributed by atoms with Crippen LogP contribution in [0.4, 0.5) is 0 Å². The van der Waals surface area contributed by atoms with E-state index in [-0.39, 0.29) is 6.04 Å². The van der Waals surface area contributed by atoms with Crippen molar-refractivity contribution in [3.05, 3.63) is 24.3 Å². The van der Waals surface area contributed by atoms with Crippen molar-refractivity contribution in [2.24, 2.45) is 5.41 Å². The van der Waals surface area contributed by atoms with Gasteiger partial charge in [-0.25, -0.2) is 4.98 Å². The lowest BCUT2D eigenvalue weighted by Crippen LogP contribution is -2.33. The number of aliphatic carboxylic acids is 1. The molecule has 0 atom stereocenters. The van der Waals surface area contributed by atoms with Crippen molar-refractivity contribution in [1.29, 1.82) is 0 Å². The molecule has 0 aliphatic carbocycles. The van der Waals surface area contributed by atoms with Crippen molar-refractivity contribution in [3.63, 3.8) is 0 Å². The Morgan fingerprint density at radius 3 is 2.57 bits per heavy atom. The van der Waals surface area contributed by atoms with Gasteiger partial charge in [-0.3, -0.25) is 9.78 Å². The molecule has 2 rings (SSSR count). The van der Waals surface area contributed by atoms with E-state index in [1.165, 1.54) is 0 Å². The van der Waals surface area contributed by atoms with Gasteiger partial charge in [0, 0.05) is 18.7 Å². The molecule has 0 bridgehead atoms. The van der Waals surface area contributed by atoms with Crippen molar-refractivity contribution in [2.45, 2.75) is 53.0 Å². The van der Waals surface area contributed by atoms with E-state index < -0.39 is 11.4 Å². The SMILES string of the molecule is CCC(CC)(Cc1nc2cnccc2n1C(C)C)C(=O)O. The minimum Gasteiger partial charge on any atom is -0.481 e. The van der Waals surface area contributed by atoms with Gasteiger partial charge in [0.2, 0.25) is 0 Å². The Morgan fingerprint density at radius 2 is 2.05 bits per heavy atom. The highest BCUT2D eigenvalue weighted by atomic mass is 16.4. The van der Waals surface area contributed by atoms with Crippen LogP contribution in [0.1, 0.15) is 52.4 Å². The average molecular weight is 289 g/mol. The van der Waals surface area contributed by atoms with E-state index in [1.54, 1.807) is 12.4 Å². The Hall–Kier alpha value is -1.91. The van der Waals surface area contributed by atoms with Crippen LogP contribution in [-0.2, 0) is 11.2 Å². The molecule has 0 unspecified atom stereocenters. The van der Waals surface area contributed by atoms with Crippen molar-refractivity contribution in [3.8, 4) is 0 Å². The van der Waals surface area contributed by atoms with Gasteiger partial charge in [-0.05, 0) is 32.8 Å². The number of hydrogen-bond acceptors (Lipinski definition) is 3. The summed E-state index contributed by atoms with van der Waals surface area (Å²) in [5.41, 5.74) is 1.09. The zero-order chi connectivity index (χ0) is 15.6. The molecule has 0 spiro atoms. The van der Waals surface area contributed by atoms with Crippen LogP contribution in [0.25, 0.3) is 11.0 Å². The number of hydrogen-bond donors (Lipinski definition) is 1. The van der Waals surface area contributed by atoms with Crippen molar-refractivity contribution >= 4 is 17.0 Å². The van der Waals surface area contributed by atoms with Crippen LogP contribution < -0.4 is 0 Å². The first kappa shape index (κ1) is 15.5. The first-order valence-electron chi connectivity index (χ1n) is 7.49. The molecule has 114 valence electrons. The van der Waals surface area contributed by atoms with Crippen LogP contribution in [0.15, 0.2) is 18.5 Å². The zero-order valence-corrected chi connectivity index (χ0v) is 13.1. The third-order valence-corrected chi connectivity index (χ3v) is 4.38. The van der Waals surface area contributed by atoms with Gasteiger partial charge in [0.1, 0.15) is 11.3 Å². The molecule has 0 aliphatic rings. The summed E-state index contributed by atoms with van der Waals surface area (Å²) < 4.78 is 2.13. The maximum Gasteiger partial charge on any atom is 0.310 e. The maximum atomic E-state index is 11.7. The summed E-state index contributed by atoms with van der Waals surface area (Å²) in [6.07, 6.45) is 5.12. The smallest absolute Gasteiger partial charge is 0.310 e. The van der Waals surface area contributed by atoms with Crippen LogP contribution in [-0.4, -0.2) is 25.6 Å². The lowest BCUT2D eigenvalue weighted by atomic mass is 9.79. The van der Waals surface area contributed by atoms with E-state index in [4.69, 9.17) is 0 Å². The number of fused-ring (bicyclic) bond motifs is 1. The summed E-state index contributed by atoms with van der Waals surface area (Å²) in [5.74, 6) is 0.0899. The monoisotopic (exact) mass is 289 g/mol. The minimum atomic E-state index is -0.749. The zero-order valence-electron chi connectivity index (χ0n) is 13.1. The number of carbonyl (C=O) groups is 1. The largest absolute Gasteiger partial charge is 0.481 e. The Bertz CT molecular complexity index is 642. The number of carboxylic acids is 1. The first-order valence-corrected chi connectivity index (χ1v) is 7.49. The van der Waals surface area contributed by atoms with Crippen molar-refractivity contribution in [1.82, 2.24) is 14.5 Å². The average Bonchev–Trinajstić information content (AvgIpc) is 2.82. The highest BCUT2D eigenvalue weighted by Crippen LogP contribution is 2.33. The summed E-state index contributed by atoms with van der Waals surface area (Å²) in [6, 6.07) is 2.17. The molecule has 0 fully saturated rings. The van der Waals surface area contributed by atoms with E-state index in [1.807, 2.05) is 19.9 Å². The molecule has 0 aromatic carbocycles. The fourth-order valence-electron chi connectivity index (χ4n) is 2.88. The Labute approximate surface area is 125 Å². The fourth-order valence-corrected chi connectivity index (χ4v) is 2.88. The molecule has 0 saturated heterocycles. The molecule has 0 aliphatic heterocycles. The Morgan fingerprint density at radius 1 is 1.38 bits per heavy atom. The molecule has 5 nitrogen and oxygen atoms in total. The normalized spacial score (nSPS) is 12.2. The van der Waals surface area contributed by atoms with Crippen LogP contribution >= 0.6 is 0 Å². The predicted molar refractivity (Wildman–Crippen MR) is 82.3 cm³/mol. The molecule has 2 aromatic rings. The minimum absolute atomic E-state index is 0.229. The van der Waals surface area contributed by atoms with Crippen LogP contribution in [0.2, 0.25) is 0 Å². The first-order chi connectivity index (χ1) is 9.95. The summed E-state index contributed by atoms with van der Waals surface area (Å²) in [5, 5.41) is 9.64. The van der Waals surface area contributed by atoms with Gasteiger partial charge in [0.15, 0.2) is 0 Å². The standard InChI is InChI=1S/C16H23N3O2/c1-5-16(6-2,15(20)21)9-14-18-12-10-17-8-7-13(12)19(14)11(3)4/h7-8,10-11H,5-6,9H2,1-4H3,(H,20,21). The van der Waals surface area contributed by atoms with Gasteiger partial charge in [-0.15, -0.1) is 0 Å². The number of nitrogens with zero attached hydrogens (tertiary/aromatic N) is 3. The van der Waals surface area contributed by atoms with Gasteiger partial charge in [-0.2, -0.15) is 0 Å². The van der Waals surface area contributed by atoms with E-state index in [2.05, 4.69) is 28.4 Å². The third-order valence-electron chi connectivity index (χ3n) is 4.38. The number of pyridine rings is 1. The number of aromatic nitrogens is 3. The molecule has 5 heteroatoms. The lowest BCUT2D eigenvalue weighted by molar-refractivity contribution is -0.149. The molecule has 1 N–H and O–H groups in total. The molecule has 0 radical (unpaired) electrons. The van der Waals surface area contributed by atoms with Gasteiger partial charge >= 0.3 is 5.97 Å². The second-order valence-corrected chi connectivity index (χ2v) is 5.83. The van der Waals surface area contributed by atoms with E-state index >= 15 is 0 Å². The van der Waals surface area contributed by atoms with E-state index in [0.717, 1.165) is 16.9 Å². The highest BCUT2D eigenvalue weighted by Gasteiger charge is 2.37. The molecule has 21 heavy (non-hydrogen) atoms. The Kier molecular flexibility index (Phi) is 4.30. The third kappa shape index (κ3) is 2.64. The van der Waals surface area contributed by atoms with E-state index in [0.29, 0.717) is 19.3 Å². The summed E-state index contributed by atoms with van der Waals surface area (Å²) >= 11 is 0. The second-order valence-electron chi connectivity index (χ2n) is 5.83. The summed E-state index contributed by atoms with van der Waals surface area (Å²) in [4.78, 5) is 20.5.